The molecule has 0 saturated heterocycles. The van der Waals surface area contributed by atoms with Gasteiger partial charge >= 0.3 is 0 Å². The van der Waals surface area contributed by atoms with Crippen molar-refractivity contribution in [3.63, 3.8) is 0 Å². The van der Waals surface area contributed by atoms with E-state index in [0.717, 1.165) is 17.2 Å². The first-order valence-electron chi connectivity index (χ1n) is 6.51. The van der Waals surface area contributed by atoms with Gasteiger partial charge in [-0.15, -0.1) is 11.6 Å². The number of methoxy groups -OCH3 is 1. The van der Waals surface area contributed by atoms with Crippen LogP contribution < -0.4 is 4.74 Å². The minimum atomic E-state index is 0.468. The Balaban J connectivity index is 2.11. The lowest BCUT2D eigenvalue weighted by Gasteiger charge is -2.05. The molecule has 110 valence electrons. The maximum absolute atomic E-state index is 5.88. The Morgan fingerprint density at radius 1 is 1.33 bits per heavy atom. The molecule has 0 spiro atoms. The van der Waals surface area contributed by atoms with E-state index in [-0.39, 0.29) is 0 Å². The van der Waals surface area contributed by atoms with Crippen molar-refractivity contribution >= 4 is 22.8 Å². The fraction of sp³-hybridized carbons (Fsp3) is 0.385. The maximum atomic E-state index is 5.88. The Hall–Kier alpha value is -2.15. The highest BCUT2D eigenvalue weighted by Crippen LogP contribution is 2.22. The van der Waals surface area contributed by atoms with Crippen LogP contribution in [-0.4, -0.2) is 42.3 Å². The number of nitrogens with zero attached hydrogens (tertiary/aromatic N) is 6. The van der Waals surface area contributed by atoms with E-state index < -0.39 is 0 Å². The van der Waals surface area contributed by atoms with Gasteiger partial charge in [-0.05, 0) is 6.07 Å². The van der Waals surface area contributed by atoms with Crippen LogP contribution in [0.5, 0.6) is 5.88 Å². The number of aromatic nitrogens is 6. The summed E-state index contributed by atoms with van der Waals surface area (Å²) in [5, 5.41) is 4.40. The van der Waals surface area contributed by atoms with Crippen LogP contribution in [-0.2, 0) is 20.0 Å². The van der Waals surface area contributed by atoms with Gasteiger partial charge in [-0.2, -0.15) is 10.1 Å². The third kappa shape index (κ3) is 2.56. The van der Waals surface area contributed by atoms with Gasteiger partial charge in [0.2, 0.25) is 5.88 Å². The van der Waals surface area contributed by atoms with Crippen molar-refractivity contribution in [1.29, 1.82) is 0 Å². The van der Waals surface area contributed by atoms with Gasteiger partial charge in [0.25, 0.3) is 0 Å². The molecule has 0 aliphatic carbocycles. The lowest BCUT2D eigenvalue weighted by atomic mass is 10.4. The summed E-state index contributed by atoms with van der Waals surface area (Å²) in [5.74, 6) is 1.81. The molecule has 0 amide bonds. The van der Waals surface area contributed by atoms with E-state index in [2.05, 4.69) is 20.1 Å². The van der Waals surface area contributed by atoms with Crippen molar-refractivity contribution in [2.75, 3.05) is 13.0 Å². The molecule has 7 nitrogen and oxygen atoms in total. The van der Waals surface area contributed by atoms with Gasteiger partial charge in [-0.3, -0.25) is 4.68 Å². The van der Waals surface area contributed by atoms with E-state index in [1.807, 2.05) is 23.9 Å². The molecule has 0 aliphatic rings. The predicted molar refractivity (Wildman–Crippen MR) is 78.6 cm³/mol. The minimum Gasteiger partial charge on any atom is -0.479 e. The minimum absolute atomic E-state index is 0.468. The number of aryl methyl sites for hydroxylation is 2. The van der Waals surface area contributed by atoms with Crippen molar-refractivity contribution in [3.8, 4) is 5.88 Å². The Labute approximate surface area is 126 Å². The molecule has 0 atom stereocenters. The third-order valence-electron chi connectivity index (χ3n) is 3.18. The van der Waals surface area contributed by atoms with Crippen molar-refractivity contribution in [3.05, 3.63) is 30.1 Å². The number of fused-ring (bicyclic) bond motifs is 1. The molecule has 3 heterocycles. The number of hydrogen-bond donors (Lipinski definition) is 0. The molecule has 0 fully saturated rings. The SMILES string of the molecule is COc1ncnc2c1nc(CCCl)n2Cc1ccn(C)n1. The number of alkyl halides is 1. The van der Waals surface area contributed by atoms with E-state index in [9.17, 15) is 0 Å². The van der Waals surface area contributed by atoms with Crippen LogP contribution >= 0.6 is 11.6 Å². The van der Waals surface area contributed by atoms with Crippen LogP contribution in [0.2, 0.25) is 0 Å². The first-order chi connectivity index (χ1) is 10.2. The van der Waals surface area contributed by atoms with E-state index >= 15 is 0 Å². The monoisotopic (exact) mass is 306 g/mol. The molecule has 21 heavy (non-hydrogen) atoms. The lowest BCUT2D eigenvalue weighted by molar-refractivity contribution is 0.401. The second-order valence-corrected chi connectivity index (χ2v) is 4.97. The standard InChI is InChI=1S/C13H15ClN6O/c1-19-6-4-9(18-19)7-20-10(3-5-14)17-11-12(20)15-8-16-13(11)21-2/h4,6,8H,3,5,7H2,1-2H3. The largest absolute Gasteiger partial charge is 0.479 e. The van der Waals surface area contributed by atoms with E-state index in [0.29, 0.717) is 30.2 Å². The zero-order valence-corrected chi connectivity index (χ0v) is 12.6. The maximum Gasteiger partial charge on any atom is 0.245 e. The summed E-state index contributed by atoms with van der Waals surface area (Å²) in [4.78, 5) is 13.0. The Kier molecular flexibility index (Phi) is 3.74. The van der Waals surface area contributed by atoms with Crippen molar-refractivity contribution < 1.29 is 4.74 Å². The zero-order valence-electron chi connectivity index (χ0n) is 11.8. The van der Waals surface area contributed by atoms with Crippen LogP contribution in [0.1, 0.15) is 11.5 Å². The fourth-order valence-electron chi connectivity index (χ4n) is 2.26. The van der Waals surface area contributed by atoms with E-state index in [1.165, 1.54) is 6.33 Å². The molecule has 0 aliphatic heterocycles. The number of imidazole rings is 1. The fourth-order valence-corrected chi connectivity index (χ4v) is 2.43. The average molecular weight is 307 g/mol. The van der Waals surface area contributed by atoms with Crippen LogP contribution in [0.15, 0.2) is 18.6 Å². The Bertz CT molecular complexity index is 765. The van der Waals surface area contributed by atoms with Gasteiger partial charge in [-0.1, -0.05) is 0 Å². The van der Waals surface area contributed by atoms with Crippen LogP contribution in [0.4, 0.5) is 0 Å². The normalized spacial score (nSPS) is 11.2. The summed E-state index contributed by atoms with van der Waals surface area (Å²) in [5.41, 5.74) is 2.31. The van der Waals surface area contributed by atoms with Gasteiger partial charge in [0.05, 0.1) is 19.3 Å². The molecule has 0 saturated carbocycles. The number of ether oxygens (including phenoxy) is 1. The lowest BCUT2D eigenvalue weighted by Crippen LogP contribution is -2.07. The molecule has 0 unspecified atom stereocenters. The summed E-state index contributed by atoms with van der Waals surface area (Å²) in [6.07, 6.45) is 4.03. The summed E-state index contributed by atoms with van der Waals surface area (Å²) in [7, 11) is 3.46. The molecular weight excluding hydrogens is 292 g/mol. The van der Waals surface area contributed by atoms with Crippen molar-refractivity contribution in [2.24, 2.45) is 7.05 Å². The second kappa shape index (κ2) is 5.69. The topological polar surface area (TPSA) is 70.7 Å². The van der Waals surface area contributed by atoms with Crippen molar-refractivity contribution in [2.45, 2.75) is 13.0 Å². The quantitative estimate of drug-likeness (QED) is 0.666. The highest BCUT2D eigenvalue weighted by atomic mass is 35.5. The predicted octanol–water partition coefficient (Wildman–Crippen LogP) is 1.40. The summed E-state index contributed by atoms with van der Waals surface area (Å²) >= 11 is 5.88. The molecule has 8 heteroatoms. The van der Waals surface area contributed by atoms with Gasteiger partial charge in [0.15, 0.2) is 11.2 Å². The van der Waals surface area contributed by atoms with Gasteiger partial charge < -0.3 is 9.30 Å². The van der Waals surface area contributed by atoms with E-state index in [4.69, 9.17) is 16.3 Å². The smallest absolute Gasteiger partial charge is 0.245 e. The van der Waals surface area contributed by atoms with Gasteiger partial charge in [0.1, 0.15) is 12.2 Å². The highest BCUT2D eigenvalue weighted by molar-refractivity contribution is 6.17. The molecule has 0 N–H and O–H groups in total. The highest BCUT2D eigenvalue weighted by Gasteiger charge is 2.16. The Morgan fingerprint density at radius 2 is 2.19 bits per heavy atom. The summed E-state index contributed by atoms with van der Waals surface area (Å²) in [6.45, 7) is 0.587. The molecule has 3 aromatic heterocycles. The molecular formula is C13H15ClN6O. The van der Waals surface area contributed by atoms with Crippen molar-refractivity contribution in [1.82, 2.24) is 29.3 Å². The number of rotatable bonds is 5. The zero-order chi connectivity index (χ0) is 14.8. The third-order valence-corrected chi connectivity index (χ3v) is 3.37. The molecule has 0 radical (unpaired) electrons. The summed E-state index contributed by atoms with van der Waals surface area (Å²) in [6, 6.07) is 1.97. The Morgan fingerprint density at radius 3 is 2.86 bits per heavy atom. The molecule has 3 aromatic rings. The van der Waals surface area contributed by atoms with Gasteiger partial charge in [-0.25, -0.2) is 9.97 Å². The van der Waals surface area contributed by atoms with E-state index in [1.54, 1.807) is 11.8 Å². The molecule has 0 bridgehead atoms. The first kappa shape index (κ1) is 13.8. The number of halogens is 1. The first-order valence-corrected chi connectivity index (χ1v) is 7.05. The van der Waals surface area contributed by atoms with Gasteiger partial charge in [0, 0.05) is 25.5 Å². The van der Waals surface area contributed by atoms with Crippen LogP contribution in [0.3, 0.4) is 0 Å². The second-order valence-electron chi connectivity index (χ2n) is 4.59. The average Bonchev–Trinajstić information content (AvgIpc) is 3.04. The molecule has 0 aromatic carbocycles. The number of hydrogen-bond acceptors (Lipinski definition) is 5. The van der Waals surface area contributed by atoms with Crippen LogP contribution in [0.25, 0.3) is 11.2 Å². The summed E-state index contributed by atoms with van der Waals surface area (Å²) < 4.78 is 9.02. The van der Waals surface area contributed by atoms with Crippen LogP contribution in [0, 0.1) is 0 Å². The molecule has 3 rings (SSSR count).